The molecule has 0 saturated carbocycles. The molecular weight excluding hydrogens is 422 g/mol. The van der Waals surface area contributed by atoms with Crippen LogP contribution < -0.4 is 11.1 Å². The van der Waals surface area contributed by atoms with E-state index in [9.17, 15) is 19.5 Å². The first-order valence-corrected chi connectivity index (χ1v) is 9.96. The van der Waals surface area contributed by atoms with Gasteiger partial charge >= 0.3 is 5.97 Å². The number of carboxylic acid groups (broad SMARTS) is 1. The van der Waals surface area contributed by atoms with E-state index in [0.717, 1.165) is 16.2 Å². The van der Waals surface area contributed by atoms with Gasteiger partial charge in [-0.25, -0.2) is 9.78 Å². The van der Waals surface area contributed by atoms with Crippen molar-refractivity contribution in [2.24, 2.45) is 5.16 Å². The molecule has 1 saturated heterocycles. The molecule has 0 aromatic carbocycles. The van der Waals surface area contributed by atoms with Gasteiger partial charge in [-0.1, -0.05) is 17.0 Å². The minimum atomic E-state index is -1.31. The number of nitrogens with one attached hydrogen (secondary N) is 1. The molecule has 2 aliphatic heterocycles. The molecule has 0 unspecified atom stereocenters. The van der Waals surface area contributed by atoms with E-state index < -0.39 is 35.8 Å². The van der Waals surface area contributed by atoms with Crippen molar-refractivity contribution in [3.05, 3.63) is 22.3 Å². The monoisotopic (exact) mass is 437 g/mol. The largest absolute Gasteiger partial charge is 0.477 e. The number of aliphatic hydroxyl groups is 1. The van der Waals surface area contributed by atoms with E-state index in [2.05, 4.69) is 32.1 Å². The summed E-state index contributed by atoms with van der Waals surface area (Å²) in [6, 6.07) is -0.952. The van der Waals surface area contributed by atoms with Crippen molar-refractivity contribution in [3.8, 4) is 11.8 Å². The molecule has 0 bridgehead atoms. The zero-order valence-electron chi connectivity index (χ0n) is 14.9. The van der Waals surface area contributed by atoms with Crippen LogP contribution in [0.25, 0.3) is 0 Å². The number of aliphatic carboxylic acids is 1. The van der Waals surface area contributed by atoms with Crippen molar-refractivity contribution in [2.75, 3.05) is 25.2 Å². The quantitative estimate of drug-likeness (QED) is 0.192. The maximum Gasteiger partial charge on any atom is 0.353 e. The Morgan fingerprint density at radius 2 is 2.31 bits per heavy atom. The van der Waals surface area contributed by atoms with E-state index in [1.54, 1.807) is 0 Å². The predicted molar refractivity (Wildman–Crippen MR) is 105 cm³/mol. The number of nitrogens with two attached hydrogens (primary N) is 1. The Hall–Kier alpha value is -3.08. The van der Waals surface area contributed by atoms with Crippen LogP contribution in [-0.2, 0) is 19.2 Å². The fourth-order valence-electron chi connectivity index (χ4n) is 2.76. The van der Waals surface area contributed by atoms with Crippen LogP contribution in [0.15, 0.2) is 21.8 Å². The highest BCUT2D eigenvalue weighted by atomic mass is 32.2. The molecule has 1 fully saturated rings. The van der Waals surface area contributed by atoms with Crippen LogP contribution in [-0.4, -0.2) is 74.5 Å². The molecule has 1 aromatic heterocycles. The minimum absolute atomic E-state index is 0.156. The number of oxime groups is 1. The number of carboxylic acids is 1. The fraction of sp³-hybridized carbons (Fsp3) is 0.312. The summed E-state index contributed by atoms with van der Waals surface area (Å²) in [4.78, 5) is 46.6. The van der Waals surface area contributed by atoms with Crippen LogP contribution in [0.5, 0.6) is 0 Å². The zero-order valence-corrected chi connectivity index (χ0v) is 16.5. The van der Waals surface area contributed by atoms with Gasteiger partial charge in [-0.15, -0.1) is 23.1 Å². The Balaban J connectivity index is 1.81. The Bertz CT molecular complexity index is 991. The van der Waals surface area contributed by atoms with Gasteiger partial charge in [0.05, 0.1) is 0 Å². The lowest BCUT2D eigenvalue weighted by molar-refractivity contribution is -0.150. The molecule has 2 atom stereocenters. The number of β-lactam (4-membered cyclic amide) rings is 1. The highest BCUT2D eigenvalue weighted by Gasteiger charge is 2.54. The third kappa shape index (κ3) is 3.90. The fourth-order valence-corrected chi connectivity index (χ4v) is 4.59. The Morgan fingerprint density at radius 3 is 2.90 bits per heavy atom. The normalized spacial score (nSPS) is 21.0. The Kier molecular flexibility index (Phi) is 6.06. The van der Waals surface area contributed by atoms with E-state index in [1.165, 1.54) is 24.3 Å². The molecule has 29 heavy (non-hydrogen) atoms. The van der Waals surface area contributed by atoms with Gasteiger partial charge in [0.1, 0.15) is 36.5 Å². The second-order valence-electron chi connectivity index (χ2n) is 5.65. The lowest BCUT2D eigenvalue weighted by Gasteiger charge is -2.48. The summed E-state index contributed by atoms with van der Waals surface area (Å²) < 4.78 is 0. The second kappa shape index (κ2) is 8.52. The molecule has 0 spiro atoms. The lowest BCUT2D eigenvalue weighted by atomic mass is 10.0. The number of fused-ring (bicyclic) bond motifs is 1. The Morgan fingerprint density at radius 1 is 1.55 bits per heavy atom. The third-order valence-electron chi connectivity index (χ3n) is 3.94. The number of aromatic nitrogens is 1. The van der Waals surface area contributed by atoms with Crippen LogP contribution in [0.4, 0.5) is 5.13 Å². The van der Waals surface area contributed by atoms with Crippen molar-refractivity contribution in [2.45, 2.75) is 11.4 Å². The number of thioether (sulfide) groups is 1. The van der Waals surface area contributed by atoms with Crippen molar-refractivity contribution in [1.82, 2.24) is 15.2 Å². The molecule has 3 rings (SSSR count). The maximum atomic E-state index is 12.6. The van der Waals surface area contributed by atoms with Gasteiger partial charge in [0, 0.05) is 16.7 Å². The molecule has 2 aliphatic rings. The van der Waals surface area contributed by atoms with Crippen molar-refractivity contribution in [3.63, 3.8) is 0 Å². The van der Waals surface area contributed by atoms with Crippen LogP contribution >= 0.6 is 23.1 Å². The molecule has 11 nitrogen and oxygen atoms in total. The van der Waals surface area contributed by atoms with Crippen molar-refractivity contribution in [1.29, 1.82) is 0 Å². The summed E-state index contributed by atoms with van der Waals surface area (Å²) in [6.07, 6.45) is 0. The number of nitrogen functional groups attached to an aromatic ring is 1. The molecule has 0 radical (unpaired) electrons. The van der Waals surface area contributed by atoms with E-state index >= 15 is 0 Å². The number of rotatable bonds is 5. The zero-order chi connectivity index (χ0) is 21.1. The van der Waals surface area contributed by atoms with Crippen LogP contribution in [0.1, 0.15) is 5.69 Å². The van der Waals surface area contributed by atoms with Crippen molar-refractivity contribution < 1.29 is 29.4 Å². The topological polar surface area (TPSA) is 167 Å². The maximum absolute atomic E-state index is 12.6. The first kappa shape index (κ1) is 20.6. The van der Waals surface area contributed by atoms with Gasteiger partial charge in [-0.05, 0) is 0 Å². The smallest absolute Gasteiger partial charge is 0.353 e. The number of amides is 2. The van der Waals surface area contributed by atoms with Gasteiger partial charge in [0.25, 0.3) is 11.8 Å². The molecular formula is C16H15N5O6S2. The van der Waals surface area contributed by atoms with Gasteiger partial charge < -0.3 is 26.1 Å². The second-order valence-corrected chi connectivity index (χ2v) is 7.64. The molecule has 13 heteroatoms. The summed E-state index contributed by atoms with van der Waals surface area (Å²) >= 11 is 2.36. The van der Waals surface area contributed by atoms with E-state index in [-0.39, 0.29) is 33.6 Å². The highest BCUT2D eigenvalue weighted by molar-refractivity contribution is 8.00. The van der Waals surface area contributed by atoms with E-state index in [4.69, 9.17) is 10.8 Å². The van der Waals surface area contributed by atoms with Crippen LogP contribution in [0, 0.1) is 11.8 Å². The number of nitrogens with zero attached hydrogens (tertiary/aromatic N) is 3. The van der Waals surface area contributed by atoms with Gasteiger partial charge in [-0.2, -0.15) is 0 Å². The predicted octanol–water partition coefficient (Wildman–Crippen LogP) is -1.19. The number of carbonyl (C=O) groups excluding carboxylic acids is 2. The lowest BCUT2D eigenvalue weighted by Crippen LogP contribution is -2.71. The van der Waals surface area contributed by atoms with E-state index in [0.29, 0.717) is 0 Å². The van der Waals surface area contributed by atoms with Gasteiger partial charge in [-0.3, -0.25) is 14.5 Å². The minimum Gasteiger partial charge on any atom is -0.477 e. The molecule has 152 valence electrons. The van der Waals surface area contributed by atoms with E-state index in [1.807, 2.05) is 0 Å². The number of hydrogen-bond acceptors (Lipinski definition) is 10. The highest BCUT2D eigenvalue weighted by Crippen LogP contribution is 2.40. The molecule has 0 aliphatic carbocycles. The molecule has 3 heterocycles. The number of aliphatic hydroxyl groups excluding tert-OH is 1. The summed E-state index contributed by atoms with van der Waals surface area (Å²) in [5.41, 5.74) is 5.60. The van der Waals surface area contributed by atoms with Crippen LogP contribution in [0.2, 0.25) is 0 Å². The van der Waals surface area contributed by atoms with Gasteiger partial charge in [0.2, 0.25) is 0 Å². The van der Waals surface area contributed by atoms with Gasteiger partial charge in [0.15, 0.2) is 10.8 Å². The summed E-state index contributed by atoms with van der Waals surface area (Å²) in [7, 11) is 1.26. The number of anilines is 1. The summed E-state index contributed by atoms with van der Waals surface area (Å²) in [5.74, 6) is 2.56. The third-order valence-corrected chi connectivity index (χ3v) is 5.89. The Labute approximate surface area is 172 Å². The number of hydrogen-bond donors (Lipinski definition) is 4. The molecule has 1 aromatic rings. The standard InChI is InChI=1S/C16H15N5O6S2/c1-27-20-9(8-6-29-16(17)18-8)12(23)19-10-13(24)21-11(15(25)26)7(3-2-4-22)5-28-14(10)21/h6,10,14,22H,4-5H2,1H3,(H2,17,18)(H,19,23)(H,25,26)/b20-9-/t10-,14-/m1/s1. The summed E-state index contributed by atoms with van der Waals surface area (Å²) in [5, 5.41) is 25.7. The van der Waals surface area contributed by atoms with Crippen molar-refractivity contribution >= 4 is 51.7 Å². The average molecular weight is 437 g/mol. The average Bonchev–Trinajstić information content (AvgIpc) is 3.13. The molecule has 2 amide bonds. The summed E-state index contributed by atoms with van der Waals surface area (Å²) in [6.45, 7) is -0.431. The SMILES string of the molecule is CO/N=C(\C(=O)N[C@@H]1C(=O)N2C(C(=O)O)=C(C#CCO)CS[C@H]12)c1csc(N)n1. The first-order chi connectivity index (χ1) is 13.9. The first-order valence-electron chi connectivity index (χ1n) is 8.03. The number of carbonyl (C=O) groups is 3. The molecule has 5 N–H and O–H groups in total. The number of thiazole rings is 1. The van der Waals surface area contributed by atoms with Crippen LogP contribution in [0.3, 0.4) is 0 Å².